The zero-order chi connectivity index (χ0) is 20.9. The minimum Gasteiger partial charge on any atom is -0.444 e. The number of anilines is 1. The summed E-state index contributed by atoms with van der Waals surface area (Å²) < 4.78 is 7.43. The number of amides is 1. The fraction of sp³-hybridized carbons (Fsp3) is 0.667. The Hall–Kier alpha value is -2.31. The van der Waals surface area contributed by atoms with Crippen LogP contribution in [0.15, 0.2) is 12.3 Å². The smallest absolute Gasteiger partial charge is 0.410 e. The van der Waals surface area contributed by atoms with Crippen molar-refractivity contribution in [1.82, 2.24) is 19.5 Å². The van der Waals surface area contributed by atoms with Gasteiger partial charge in [0.05, 0.1) is 6.20 Å². The molecular formula is C21H35N5O2. The van der Waals surface area contributed by atoms with Gasteiger partial charge in [-0.2, -0.15) is 9.61 Å². The molecule has 0 aliphatic carbocycles. The quantitative estimate of drug-likeness (QED) is 0.684. The van der Waals surface area contributed by atoms with Crippen LogP contribution in [0, 0.1) is 0 Å². The highest BCUT2D eigenvalue weighted by Gasteiger charge is 2.21. The Morgan fingerprint density at radius 1 is 1.21 bits per heavy atom. The van der Waals surface area contributed by atoms with Crippen LogP contribution in [0.25, 0.3) is 5.65 Å². The second-order valence-electron chi connectivity index (χ2n) is 8.33. The number of aromatic nitrogens is 3. The summed E-state index contributed by atoms with van der Waals surface area (Å²) in [6.45, 7) is 11.2. The molecule has 2 aromatic rings. The van der Waals surface area contributed by atoms with E-state index in [2.05, 4.69) is 29.9 Å². The first-order chi connectivity index (χ1) is 13.2. The van der Waals surface area contributed by atoms with Gasteiger partial charge in [-0.15, -0.1) is 0 Å². The minimum absolute atomic E-state index is 0.240. The molecule has 2 aromatic heterocycles. The number of carbonyl (C=O) groups is 1. The Kier molecular flexibility index (Phi) is 7.27. The van der Waals surface area contributed by atoms with Crippen LogP contribution < -0.4 is 4.90 Å². The molecule has 0 unspecified atom stereocenters. The van der Waals surface area contributed by atoms with Gasteiger partial charge in [-0.25, -0.2) is 9.78 Å². The number of nitrogens with zero attached hydrogens (tertiary/aromatic N) is 5. The molecule has 0 spiro atoms. The second kappa shape index (κ2) is 9.26. The van der Waals surface area contributed by atoms with E-state index in [0.29, 0.717) is 13.1 Å². The van der Waals surface area contributed by atoms with Gasteiger partial charge >= 0.3 is 6.09 Å². The molecule has 2 heterocycles. The summed E-state index contributed by atoms with van der Waals surface area (Å²) in [6, 6.07) is 2.08. The SMILES string of the molecule is CCCN(CCCc1cc(N(C)C)n2ncc(CC)c2n1)C(=O)OC(C)(C)C. The molecule has 7 heteroatoms. The van der Waals surface area contributed by atoms with Crippen molar-refractivity contribution in [2.24, 2.45) is 0 Å². The summed E-state index contributed by atoms with van der Waals surface area (Å²) in [6.07, 6.45) is 5.10. The highest BCUT2D eigenvalue weighted by Crippen LogP contribution is 2.19. The second-order valence-corrected chi connectivity index (χ2v) is 8.33. The van der Waals surface area contributed by atoms with E-state index < -0.39 is 5.60 Å². The lowest BCUT2D eigenvalue weighted by Crippen LogP contribution is -2.38. The molecule has 2 rings (SSSR count). The average molecular weight is 390 g/mol. The van der Waals surface area contributed by atoms with Crippen molar-refractivity contribution in [2.75, 3.05) is 32.1 Å². The Balaban J connectivity index is 2.12. The molecule has 156 valence electrons. The van der Waals surface area contributed by atoms with Crippen molar-refractivity contribution in [3.05, 3.63) is 23.5 Å². The summed E-state index contributed by atoms with van der Waals surface area (Å²) in [5, 5.41) is 4.48. The van der Waals surface area contributed by atoms with Gasteiger partial charge in [0.2, 0.25) is 0 Å². The van der Waals surface area contributed by atoms with Crippen LogP contribution in [0.5, 0.6) is 0 Å². The van der Waals surface area contributed by atoms with Crippen molar-refractivity contribution in [3.8, 4) is 0 Å². The third kappa shape index (κ3) is 5.59. The average Bonchev–Trinajstić information content (AvgIpc) is 3.01. The first-order valence-corrected chi connectivity index (χ1v) is 10.2. The zero-order valence-electron chi connectivity index (χ0n) is 18.4. The summed E-state index contributed by atoms with van der Waals surface area (Å²) >= 11 is 0. The number of aryl methyl sites for hydroxylation is 2. The topological polar surface area (TPSA) is 63.0 Å². The third-order valence-electron chi connectivity index (χ3n) is 4.42. The van der Waals surface area contributed by atoms with Gasteiger partial charge in [0.15, 0.2) is 5.65 Å². The number of carbonyl (C=O) groups excluding carboxylic acids is 1. The zero-order valence-corrected chi connectivity index (χ0v) is 18.4. The van der Waals surface area contributed by atoms with E-state index in [0.717, 1.165) is 48.4 Å². The molecule has 0 aliphatic heterocycles. The first kappa shape index (κ1) is 22.0. The molecule has 0 radical (unpaired) electrons. The summed E-state index contributed by atoms with van der Waals surface area (Å²) in [7, 11) is 4.02. The van der Waals surface area contributed by atoms with E-state index >= 15 is 0 Å². The Morgan fingerprint density at radius 3 is 2.50 bits per heavy atom. The highest BCUT2D eigenvalue weighted by molar-refractivity contribution is 5.68. The van der Waals surface area contributed by atoms with Crippen molar-refractivity contribution >= 4 is 17.6 Å². The normalized spacial score (nSPS) is 11.7. The molecular weight excluding hydrogens is 354 g/mol. The number of rotatable bonds is 8. The van der Waals surface area contributed by atoms with Gasteiger partial charge in [0, 0.05) is 44.5 Å². The molecule has 0 bridgehead atoms. The number of hydrogen-bond donors (Lipinski definition) is 0. The van der Waals surface area contributed by atoms with Gasteiger partial charge in [0.25, 0.3) is 0 Å². The third-order valence-corrected chi connectivity index (χ3v) is 4.42. The lowest BCUT2D eigenvalue weighted by molar-refractivity contribution is 0.0248. The van der Waals surface area contributed by atoms with Crippen molar-refractivity contribution in [3.63, 3.8) is 0 Å². The van der Waals surface area contributed by atoms with Crippen LogP contribution in [-0.2, 0) is 17.6 Å². The van der Waals surface area contributed by atoms with Crippen LogP contribution in [0.1, 0.15) is 58.7 Å². The first-order valence-electron chi connectivity index (χ1n) is 10.2. The maximum absolute atomic E-state index is 12.4. The van der Waals surface area contributed by atoms with Gasteiger partial charge in [-0.1, -0.05) is 13.8 Å². The summed E-state index contributed by atoms with van der Waals surface area (Å²) in [4.78, 5) is 21.1. The fourth-order valence-corrected chi connectivity index (χ4v) is 3.08. The number of fused-ring (bicyclic) bond motifs is 1. The standard InChI is InChI=1S/C21H35N5O2/c1-8-12-25(20(27)28-21(3,4)5)13-10-11-17-14-18(24(6)7)26-19(23-17)16(9-2)15-22-26/h14-15H,8-13H2,1-7H3. The molecule has 0 atom stereocenters. The van der Waals surface area contributed by atoms with Gasteiger partial charge in [0.1, 0.15) is 11.4 Å². The maximum Gasteiger partial charge on any atom is 0.410 e. The summed E-state index contributed by atoms with van der Waals surface area (Å²) in [5.74, 6) is 1.01. The molecule has 0 N–H and O–H groups in total. The molecule has 7 nitrogen and oxygen atoms in total. The minimum atomic E-state index is -0.477. The lowest BCUT2D eigenvalue weighted by Gasteiger charge is -2.27. The van der Waals surface area contributed by atoms with Crippen LogP contribution >= 0.6 is 0 Å². The van der Waals surface area contributed by atoms with E-state index in [1.54, 1.807) is 4.90 Å². The molecule has 0 saturated carbocycles. The number of hydrogen-bond acceptors (Lipinski definition) is 5. The van der Waals surface area contributed by atoms with Crippen molar-refractivity contribution in [1.29, 1.82) is 0 Å². The van der Waals surface area contributed by atoms with Crippen molar-refractivity contribution in [2.45, 2.75) is 65.9 Å². The fourth-order valence-electron chi connectivity index (χ4n) is 3.08. The van der Waals surface area contributed by atoms with E-state index in [4.69, 9.17) is 9.72 Å². The van der Waals surface area contributed by atoms with E-state index in [9.17, 15) is 4.79 Å². The largest absolute Gasteiger partial charge is 0.444 e. The van der Waals surface area contributed by atoms with Gasteiger partial charge in [-0.3, -0.25) is 0 Å². The van der Waals surface area contributed by atoms with E-state index in [1.807, 2.05) is 45.6 Å². The molecule has 0 saturated heterocycles. The van der Waals surface area contributed by atoms with Crippen LogP contribution in [0.3, 0.4) is 0 Å². The van der Waals surface area contributed by atoms with Crippen LogP contribution in [-0.4, -0.2) is 58.4 Å². The molecule has 0 aliphatic rings. The Bertz CT molecular complexity index is 792. The number of ether oxygens (including phenoxy) is 1. The molecule has 28 heavy (non-hydrogen) atoms. The summed E-state index contributed by atoms with van der Waals surface area (Å²) in [5.41, 5.74) is 2.61. The lowest BCUT2D eigenvalue weighted by atomic mass is 10.2. The van der Waals surface area contributed by atoms with Gasteiger partial charge in [-0.05, 0) is 46.5 Å². The molecule has 1 amide bonds. The van der Waals surface area contributed by atoms with Gasteiger partial charge < -0.3 is 14.5 Å². The predicted molar refractivity (Wildman–Crippen MR) is 113 cm³/mol. The Labute approximate surface area is 168 Å². The van der Waals surface area contributed by atoms with Crippen molar-refractivity contribution < 1.29 is 9.53 Å². The van der Waals surface area contributed by atoms with Crippen LogP contribution in [0.2, 0.25) is 0 Å². The van der Waals surface area contributed by atoms with E-state index in [1.165, 1.54) is 0 Å². The monoisotopic (exact) mass is 389 g/mol. The predicted octanol–water partition coefficient (Wildman–Crippen LogP) is 3.94. The Morgan fingerprint density at radius 2 is 1.93 bits per heavy atom. The van der Waals surface area contributed by atoms with E-state index in [-0.39, 0.29) is 6.09 Å². The van der Waals surface area contributed by atoms with Crippen LogP contribution in [0.4, 0.5) is 10.6 Å². The highest BCUT2D eigenvalue weighted by atomic mass is 16.6. The maximum atomic E-state index is 12.4. The molecule has 0 aromatic carbocycles. The molecule has 0 fully saturated rings.